The van der Waals surface area contributed by atoms with Gasteiger partial charge in [0.25, 0.3) is 0 Å². The van der Waals surface area contributed by atoms with Gasteiger partial charge in [-0.3, -0.25) is 14.4 Å². The quantitative estimate of drug-likeness (QED) is 0.678. The molecule has 27 heavy (non-hydrogen) atoms. The first-order chi connectivity index (χ1) is 12.8. The average Bonchev–Trinajstić information content (AvgIpc) is 2.60. The SMILES string of the molecule is Cc1ccc(NC(=O)CSCC(=O)Nc2cc(C(N)=O)cc(F)c2C)cc1. The Bertz CT molecular complexity index is 869. The van der Waals surface area contributed by atoms with Crippen LogP contribution in [0.15, 0.2) is 36.4 Å². The van der Waals surface area contributed by atoms with Crippen molar-refractivity contribution in [1.29, 1.82) is 0 Å². The normalized spacial score (nSPS) is 10.3. The number of benzene rings is 2. The molecule has 0 atom stereocenters. The summed E-state index contributed by atoms with van der Waals surface area (Å²) in [5.41, 5.74) is 7.28. The van der Waals surface area contributed by atoms with Crippen molar-refractivity contribution in [3.8, 4) is 0 Å². The van der Waals surface area contributed by atoms with Crippen LogP contribution in [0.4, 0.5) is 15.8 Å². The molecule has 8 heteroatoms. The Balaban J connectivity index is 1.85. The van der Waals surface area contributed by atoms with Crippen LogP contribution in [0.1, 0.15) is 21.5 Å². The van der Waals surface area contributed by atoms with E-state index in [0.717, 1.165) is 23.4 Å². The minimum Gasteiger partial charge on any atom is -0.366 e. The van der Waals surface area contributed by atoms with E-state index in [4.69, 9.17) is 5.73 Å². The maximum absolute atomic E-state index is 13.8. The summed E-state index contributed by atoms with van der Waals surface area (Å²) < 4.78 is 13.8. The van der Waals surface area contributed by atoms with E-state index in [9.17, 15) is 18.8 Å². The van der Waals surface area contributed by atoms with E-state index in [1.165, 1.54) is 13.0 Å². The fourth-order valence-electron chi connectivity index (χ4n) is 2.21. The number of carbonyl (C=O) groups is 3. The van der Waals surface area contributed by atoms with E-state index in [0.29, 0.717) is 5.69 Å². The number of hydrogen-bond donors (Lipinski definition) is 3. The number of carbonyl (C=O) groups excluding carboxylic acids is 3. The van der Waals surface area contributed by atoms with Gasteiger partial charge in [-0.15, -0.1) is 11.8 Å². The number of anilines is 2. The van der Waals surface area contributed by atoms with Crippen molar-refractivity contribution >= 4 is 40.9 Å². The number of halogens is 1. The van der Waals surface area contributed by atoms with Crippen molar-refractivity contribution in [2.75, 3.05) is 22.1 Å². The molecule has 0 aliphatic heterocycles. The van der Waals surface area contributed by atoms with Crippen LogP contribution in [0.2, 0.25) is 0 Å². The molecule has 4 N–H and O–H groups in total. The Morgan fingerprint density at radius 1 is 1.00 bits per heavy atom. The third-order valence-electron chi connectivity index (χ3n) is 3.70. The van der Waals surface area contributed by atoms with E-state index < -0.39 is 17.6 Å². The molecule has 0 saturated heterocycles. The van der Waals surface area contributed by atoms with Crippen LogP contribution in [0.3, 0.4) is 0 Å². The van der Waals surface area contributed by atoms with Gasteiger partial charge in [0.15, 0.2) is 0 Å². The summed E-state index contributed by atoms with van der Waals surface area (Å²) in [5, 5.41) is 5.27. The second-order valence-corrected chi connectivity index (χ2v) is 6.94. The standard InChI is InChI=1S/C19H20FN3O3S/c1-11-3-5-14(6-4-11)22-17(24)9-27-10-18(25)23-16-8-13(19(21)26)7-15(20)12(16)2/h3-8H,9-10H2,1-2H3,(H2,21,26)(H,22,24)(H,23,25). The molecule has 0 aliphatic rings. The monoisotopic (exact) mass is 389 g/mol. The lowest BCUT2D eigenvalue weighted by Gasteiger charge is -2.11. The predicted octanol–water partition coefficient (Wildman–Crippen LogP) is 2.85. The number of nitrogens with one attached hydrogen (secondary N) is 2. The summed E-state index contributed by atoms with van der Waals surface area (Å²) >= 11 is 1.12. The van der Waals surface area contributed by atoms with Crippen molar-refractivity contribution in [2.45, 2.75) is 13.8 Å². The first-order valence-corrected chi connectivity index (χ1v) is 9.26. The Morgan fingerprint density at radius 3 is 2.19 bits per heavy atom. The Morgan fingerprint density at radius 2 is 1.59 bits per heavy atom. The number of aryl methyl sites for hydroxylation is 1. The van der Waals surface area contributed by atoms with Gasteiger partial charge in [-0.25, -0.2) is 4.39 Å². The molecule has 3 amide bonds. The Labute approximate surface area is 160 Å². The lowest BCUT2D eigenvalue weighted by Crippen LogP contribution is -2.19. The molecule has 0 unspecified atom stereocenters. The highest BCUT2D eigenvalue weighted by Crippen LogP contribution is 2.21. The molecule has 0 bridgehead atoms. The lowest BCUT2D eigenvalue weighted by atomic mass is 10.1. The van der Waals surface area contributed by atoms with E-state index in [-0.39, 0.29) is 34.2 Å². The molecule has 142 valence electrons. The second kappa shape index (κ2) is 9.18. The summed E-state index contributed by atoms with van der Waals surface area (Å²) in [6.07, 6.45) is 0. The Hall–Kier alpha value is -2.87. The zero-order valence-corrected chi connectivity index (χ0v) is 15.8. The van der Waals surface area contributed by atoms with Crippen LogP contribution in [0, 0.1) is 19.7 Å². The van der Waals surface area contributed by atoms with Gasteiger partial charge < -0.3 is 16.4 Å². The van der Waals surface area contributed by atoms with Crippen LogP contribution in [0.25, 0.3) is 0 Å². The minimum atomic E-state index is -0.786. The predicted molar refractivity (Wildman–Crippen MR) is 105 cm³/mol. The van der Waals surface area contributed by atoms with Gasteiger partial charge in [0.05, 0.1) is 11.5 Å². The fraction of sp³-hybridized carbons (Fsp3) is 0.211. The van der Waals surface area contributed by atoms with Gasteiger partial charge in [0, 0.05) is 22.5 Å². The van der Waals surface area contributed by atoms with Gasteiger partial charge in [-0.2, -0.15) is 0 Å². The summed E-state index contributed by atoms with van der Waals surface area (Å²) in [4.78, 5) is 35.1. The first-order valence-electron chi connectivity index (χ1n) is 8.10. The van der Waals surface area contributed by atoms with Crippen LogP contribution in [-0.2, 0) is 9.59 Å². The van der Waals surface area contributed by atoms with Crippen molar-refractivity contribution < 1.29 is 18.8 Å². The summed E-state index contributed by atoms with van der Waals surface area (Å²) in [5.74, 6) is -1.96. The van der Waals surface area contributed by atoms with Crippen molar-refractivity contribution in [1.82, 2.24) is 0 Å². The molecule has 2 rings (SSSR count). The third kappa shape index (κ3) is 6.10. The van der Waals surface area contributed by atoms with Crippen LogP contribution in [0.5, 0.6) is 0 Å². The summed E-state index contributed by atoms with van der Waals surface area (Å²) in [6.45, 7) is 3.44. The van der Waals surface area contributed by atoms with Crippen molar-refractivity contribution in [3.05, 3.63) is 58.9 Å². The number of hydrogen-bond acceptors (Lipinski definition) is 4. The minimum absolute atomic E-state index is 0.00315. The molecular formula is C19H20FN3O3S. The molecule has 2 aromatic carbocycles. The van der Waals surface area contributed by atoms with Gasteiger partial charge >= 0.3 is 0 Å². The zero-order valence-electron chi connectivity index (χ0n) is 15.0. The third-order valence-corrected chi connectivity index (χ3v) is 4.64. The Kier molecular flexibility index (Phi) is 6.95. The van der Waals surface area contributed by atoms with Crippen molar-refractivity contribution in [2.24, 2.45) is 5.73 Å². The number of nitrogens with two attached hydrogens (primary N) is 1. The maximum atomic E-state index is 13.8. The molecule has 0 heterocycles. The van der Waals surface area contributed by atoms with E-state index in [2.05, 4.69) is 10.6 Å². The number of thioether (sulfide) groups is 1. The molecule has 0 aliphatic carbocycles. The molecule has 0 saturated carbocycles. The number of amides is 3. The molecule has 2 aromatic rings. The van der Waals surface area contributed by atoms with Gasteiger partial charge in [0.1, 0.15) is 5.82 Å². The smallest absolute Gasteiger partial charge is 0.248 e. The number of rotatable bonds is 7. The van der Waals surface area contributed by atoms with Crippen LogP contribution >= 0.6 is 11.8 Å². The summed E-state index contributed by atoms with van der Waals surface area (Å²) in [7, 11) is 0. The van der Waals surface area contributed by atoms with Crippen LogP contribution < -0.4 is 16.4 Å². The zero-order chi connectivity index (χ0) is 20.0. The topological polar surface area (TPSA) is 101 Å². The summed E-state index contributed by atoms with van der Waals surface area (Å²) in [6, 6.07) is 9.72. The van der Waals surface area contributed by atoms with E-state index in [1.807, 2.05) is 19.1 Å². The average molecular weight is 389 g/mol. The second-order valence-electron chi connectivity index (χ2n) is 5.95. The van der Waals surface area contributed by atoms with E-state index >= 15 is 0 Å². The molecule has 0 aromatic heterocycles. The van der Waals surface area contributed by atoms with Gasteiger partial charge in [0.2, 0.25) is 17.7 Å². The molecule has 0 radical (unpaired) electrons. The molecule has 6 nitrogen and oxygen atoms in total. The van der Waals surface area contributed by atoms with Crippen molar-refractivity contribution in [3.63, 3.8) is 0 Å². The lowest BCUT2D eigenvalue weighted by molar-refractivity contribution is -0.114. The largest absolute Gasteiger partial charge is 0.366 e. The highest BCUT2D eigenvalue weighted by molar-refractivity contribution is 8.00. The number of primary amides is 1. The molecular weight excluding hydrogens is 369 g/mol. The fourth-order valence-corrected chi connectivity index (χ4v) is 2.82. The van der Waals surface area contributed by atoms with Gasteiger partial charge in [-0.1, -0.05) is 17.7 Å². The van der Waals surface area contributed by atoms with E-state index in [1.54, 1.807) is 12.1 Å². The highest BCUT2D eigenvalue weighted by atomic mass is 32.2. The highest BCUT2D eigenvalue weighted by Gasteiger charge is 2.13. The van der Waals surface area contributed by atoms with Crippen LogP contribution in [-0.4, -0.2) is 29.2 Å². The maximum Gasteiger partial charge on any atom is 0.248 e. The van der Waals surface area contributed by atoms with Gasteiger partial charge in [-0.05, 0) is 38.1 Å². The molecule has 0 spiro atoms. The molecule has 0 fully saturated rings. The first kappa shape index (κ1) is 20.4.